The van der Waals surface area contributed by atoms with Gasteiger partial charge in [-0.15, -0.1) is 0 Å². The van der Waals surface area contributed by atoms with E-state index in [9.17, 15) is 4.79 Å². The Hall–Kier alpha value is -2.41. The minimum absolute atomic E-state index is 0.867. The summed E-state index contributed by atoms with van der Waals surface area (Å²) in [6.07, 6.45) is 13.3. The molecule has 0 unspecified atom stereocenters. The molecule has 0 heterocycles. The molecule has 4 rings (SSSR count). The van der Waals surface area contributed by atoms with E-state index in [0.717, 1.165) is 24.7 Å². The summed E-state index contributed by atoms with van der Waals surface area (Å²) in [5.74, 6) is 0. The van der Waals surface area contributed by atoms with Crippen molar-refractivity contribution in [2.24, 2.45) is 0 Å². The van der Waals surface area contributed by atoms with Gasteiger partial charge in [-0.1, -0.05) is 54.6 Å². The summed E-state index contributed by atoms with van der Waals surface area (Å²) in [7, 11) is 0. The largest absolute Gasteiger partial charge is 0.303 e. The highest BCUT2D eigenvalue weighted by molar-refractivity contribution is 5.68. The van der Waals surface area contributed by atoms with Crippen molar-refractivity contribution in [3.8, 4) is 0 Å². The van der Waals surface area contributed by atoms with Crippen LogP contribution in [0, 0.1) is 16.9 Å². The summed E-state index contributed by atoms with van der Waals surface area (Å²) < 4.78 is 0. The Morgan fingerprint density at radius 2 is 1.90 bits per heavy atom. The zero-order chi connectivity index (χ0) is 14.2. The molecule has 21 heavy (non-hydrogen) atoms. The predicted octanol–water partition coefficient (Wildman–Crippen LogP) is 1.95. The van der Waals surface area contributed by atoms with Crippen molar-refractivity contribution in [3.63, 3.8) is 0 Å². The molecule has 0 saturated carbocycles. The smallest absolute Gasteiger partial charge is 0.128 e. The monoisotopic (exact) mass is 271 g/mol. The first-order valence-corrected chi connectivity index (χ1v) is 7.28. The molecule has 0 saturated heterocycles. The van der Waals surface area contributed by atoms with Gasteiger partial charge < -0.3 is 4.79 Å². The first-order valence-electron chi connectivity index (χ1n) is 7.28. The summed E-state index contributed by atoms with van der Waals surface area (Å²) in [6.45, 7) is 0. The van der Waals surface area contributed by atoms with Gasteiger partial charge in [-0.25, -0.2) is 0 Å². The molecule has 2 aliphatic carbocycles. The molecule has 0 aliphatic heterocycles. The van der Waals surface area contributed by atoms with Crippen molar-refractivity contribution in [3.05, 3.63) is 86.5 Å². The van der Waals surface area contributed by atoms with Crippen LogP contribution in [0.25, 0.3) is 12.2 Å². The Bertz CT molecular complexity index is 978. The Kier molecular flexibility index (Phi) is 2.85. The number of hydrogen-bond donors (Lipinski definition) is 0. The molecule has 0 fully saturated rings. The third-order valence-electron chi connectivity index (χ3n) is 4.39. The van der Waals surface area contributed by atoms with E-state index in [0.29, 0.717) is 0 Å². The van der Waals surface area contributed by atoms with Gasteiger partial charge in [0, 0.05) is 0 Å². The lowest BCUT2D eigenvalue weighted by atomic mass is 9.90. The molecule has 0 spiro atoms. The van der Waals surface area contributed by atoms with E-state index in [1.165, 1.54) is 32.0 Å². The van der Waals surface area contributed by atoms with Gasteiger partial charge in [0.15, 0.2) is 0 Å². The molecule has 101 valence electrons. The maximum atomic E-state index is 10.8. The minimum Gasteiger partial charge on any atom is -0.303 e. The van der Waals surface area contributed by atoms with Gasteiger partial charge in [-0.3, -0.25) is 0 Å². The van der Waals surface area contributed by atoms with E-state index >= 15 is 0 Å². The molecular formula is C20H15O. The molecule has 0 amide bonds. The number of allylic oxidation sites excluding steroid dienone is 2. The van der Waals surface area contributed by atoms with Crippen LogP contribution >= 0.6 is 0 Å². The second-order valence-corrected chi connectivity index (χ2v) is 5.48. The van der Waals surface area contributed by atoms with Crippen molar-refractivity contribution in [2.75, 3.05) is 0 Å². The van der Waals surface area contributed by atoms with Crippen LogP contribution in [-0.4, -0.2) is 6.29 Å². The molecule has 0 bridgehead atoms. The van der Waals surface area contributed by atoms with E-state index < -0.39 is 0 Å². The highest BCUT2D eigenvalue weighted by Gasteiger charge is 2.10. The molecule has 0 atom stereocenters. The Labute approximate surface area is 123 Å². The van der Waals surface area contributed by atoms with Gasteiger partial charge >= 0.3 is 0 Å². The lowest BCUT2D eigenvalue weighted by molar-refractivity contribution is -0.104. The highest BCUT2D eigenvalue weighted by atomic mass is 16.1. The Morgan fingerprint density at radius 3 is 2.81 bits per heavy atom. The minimum atomic E-state index is 0.867. The topological polar surface area (TPSA) is 17.1 Å². The Morgan fingerprint density at radius 1 is 0.952 bits per heavy atom. The van der Waals surface area contributed by atoms with E-state index in [-0.39, 0.29) is 0 Å². The van der Waals surface area contributed by atoms with Crippen LogP contribution < -0.4 is 10.4 Å². The van der Waals surface area contributed by atoms with Gasteiger partial charge in [0.25, 0.3) is 0 Å². The maximum absolute atomic E-state index is 10.8. The van der Waals surface area contributed by atoms with Crippen LogP contribution in [0.1, 0.15) is 16.7 Å². The van der Waals surface area contributed by atoms with E-state index in [4.69, 9.17) is 0 Å². The van der Waals surface area contributed by atoms with Crippen LogP contribution in [0.2, 0.25) is 0 Å². The van der Waals surface area contributed by atoms with Gasteiger partial charge in [0.05, 0.1) is 6.42 Å². The summed E-state index contributed by atoms with van der Waals surface area (Å²) in [4.78, 5) is 10.8. The van der Waals surface area contributed by atoms with Gasteiger partial charge in [0.1, 0.15) is 6.29 Å². The summed E-state index contributed by atoms with van der Waals surface area (Å²) in [5.41, 5.74) is 3.89. The quantitative estimate of drug-likeness (QED) is 0.763. The van der Waals surface area contributed by atoms with Crippen LogP contribution in [-0.2, 0) is 17.6 Å². The molecule has 2 aliphatic rings. The van der Waals surface area contributed by atoms with Gasteiger partial charge in [0.2, 0.25) is 0 Å². The Balaban J connectivity index is 2.15. The normalized spacial score (nSPS) is 14.3. The summed E-state index contributed by atoms with van der Waals surface area (Å²) in [6, 6.07) is 10.6. The van der Waals surface area contributed by atoms with Crippen LogP contribution in [0.15, 0.2) is 42.5 Å². The van der Waals surface area contributed by atoms with Gasteiger partial charge in [-0.05, 0) is 50.4 Å². The summed E-state index contributed by atoms with van der Waals surface area (Å²) in [5, 5.41) is 5.08. The number of carbonyl (C=O) groups excluding carboxylic acids is 1. The average molecular weight is 271 g/mol. The first kappa shape index (κ1) is 12.3. The number of fused-ring (bicyclic) bond motifs is 4. The number of rotatable bonds is 2. The lowest BCUT2D eigenvalue weighted by Crippen LogP contribution is -2.20. The SMILES string of the molecule is O=C[CH]c1cccc2c1=CCc1c3c(ccc1=2)=CC=CC3. The molecule has 2 aromatic rings. The zero-order valence-corrected chi connectivity index (χ0v) is 11.7. The van der Waals surface area contributed by atoms with Crippen molar-refractivity contribution < 1.29 is 4.79 Å². The van der Waals surface area contributed by atoms with Crippen molar-refractivity contribution in [1.82, 2.24) is 0 Å². The van der Waals surface area contributed by atoms with Crippen LogP contribution in [0.5, 0.6) is 0 Å². The average Bonchev–Trinajstić information content (AvgIpc) is 2.55. The first-order chi connectivity index (χ1) is 10.4. The predicted molar refractivity (Wildman–Crippen MR) is 84.8 cm³/mol. The van der Waals surface area contributed by atoms with Gasteiger partial charge in [-0.2, -0.15) is 0 Å². The van der Waals surface area contributed by atoms with E-state index in [1.807, 2.05) is 12.1 Å². The molecular weight excluding hydrogens is 256 g/mol. The zero-order valence-electron chi connectivity index (χ0n) is 11.7. The maximum Gasteiger partial charge on any atom is 0.128 e. The van der Waals surface area contributed by atoms with Crippen LogP contribution in [0.4, 0.5) is 0 Å². The number of carbonyl (C=O) groups is 1. The second-order valence-electron chi connectivity index (χ2n) is 5.48. The van der Waals surface area contributed by atoms with E-state index in [1.54, 1.807) is 6.42 Å². The van der Waals surface area contributed by atoms with Crippen molar-refractivity contribution in [2.45, 2.75) is 12.8 Å². The fraction of sp³-hybridized carbons (Fsp3) is 0.100. The number of hydrogen-bond acceptors (Lipinski definition) is 1. The standard InChI is InChI=1S/C20H15O/c21-13-12-15-5-3-7-18-17(15)10-11-19-16-6-2-1-4-14(16)8-9-20(18)19/h1-5,7-10,12-13H,6,11H2. The molecule has 0 N–H and O–H groups in total. The number of aldehydes is 1. The van der Waals surface area contributed by atoms with E-state index in [2.05, 4.69) is 42.5 Å². The molecule has 1 heteroatoms. The lowest BCUT2D eigenvalue weighted by Gasteiger charge is -2.14. The van der Waals surface area contributed by atoms with Crippen molar-refractivity contribution in [1.29, 1.82) is 0 Å². The molecule has 1 radical (unpaired) electrons. The highest BCUT2D eigenvalue weighted by Crippen LogP contribution is 2.15. The summed E-state index contributed by atoms with van der Waals surface area (Å²) >= 11 is 0. The fourth-order valence-corrected chi connectivity index (χ4v) is 3.42. The third-order valence-corrected chi connectivity index (χ3v) is 4.39. The fourth-order valence-electron chi connectivity index (χ4n) is 3.42. The molecule has 1 nitrogen and oxygen atoms in total. The molecule has 2 aromatic carbocycles. The van der Waals surface area contributed by atoms with Crippen molar-refractivity contribution >= 4 is 18.4 Å². The van der Waals surface area contributed by atoms with Crippen LogP contribution in [0.3, 0.4) is 0 Å². The molecule has 0 aromatic heterocycles. The number of benzene rings is 2. The third kappa shape index (κ3) is 1.89. The second kappa shape index (κ2) is 4.85.